The Bertz CT molecular complexity index is 721. The molecule has 1 aliphatic heterocycles. The predicted molar refractivity (Wildman–Crippen MR) is 96.4 cm³/mol. The van der Waals surface area contributed by atoms with Crippen molar-refractivity contribution in [1.29, 1.82) is 0 Å². The summed E-state index contributed by atoms with van der Waals surface area (Å²) >= 11 is 0. The highest BCUT2D eigenvalue weighted by Gasteiger charge is 2.48. The van der Waals surface area contributed by atoms with Crippen LogP contribution in [0.2, 0.25) is 0 Å². The molecule has 142 valence electrons. The van der Waals surface area contributed by atoms with Gasteiger partial charge in [-0.05, 0) is 51.1 Å². The maximum atomic E-state index is 13.5. The molecular formula is C16H24ClFN2O4S. The molecule has 1 amide bonds. The van der Waals surface area contributed by atoms with E-state index in [0.717, 1.165) is 6.26 Å². The first-order chi connectivity index (χ1) is 11.2. The number of sulfone groups is 1. The van der Waals surface area contributed by atoms with Gasteiger partial charge in [-0.25, -0.2) is 12.8 Å². The lowest BCUT2D eigenvalue weighted by Crippen LogP contribution is -2.57. The molecule has 1 aliphatic rings. The Morgan fingerprint density at radius 3 is 2.48 bits per heavy atom. The van der Waals surface area contributed by atoms with Crippen LogP contribution in [-0.4, -0.2) is 45.5 Å². The second kappa shape index (κ2) is 8.33. The van der Waals surface area contributed by atoms with Crippen molar-refractivity contribution in [2.24, 2.45) is 0 Å². The lowest BCUT2D eigenvalue weighted by atomic mass is 9.95. The summed E-state index contributed by atoms with van der Waals surface area (Å²) in [7, 11) is -2.14. The quantitative estimate of drug-likeness (QED) is 0.792. The Morgan fingerprint density at radius 1 is 1.36 bits per heavy atom. The fraction of sp³-hybridized carbons (Fsp3) is 0.562. The van der Waals surface area contributed by atoms with E-state index in [1.165, 1.54) is 25.3 Å². The molecule has 0 bridgehead atoms. The number of rotatable bonds is 5. The normalized spacial score (nSPS) is 17.9. The zero-order chi connectivity index (χ0) is 18.0. The average molecular weight is 395 g/mol. The van der Waals surface area contributed by atoms with E-state index in [0.29, 0.717) is 24.4 Å². The van der Waals surface area contributed by atoms with Gasteiger partial charge < -0.3 is 15.4 Å². The largest absolute Gasteiger partial charge is 0.496 e. The molecule has 2 N–H and O–H groups in total. The van der Waals surface area contributed by atoms with Crippen LogP contribution in [0.1, 0.15) is 31.4 Å². The van der Waals surface area contributed by atoms with Crippen LogP contribution in [-0.2, 0) is 14.6 Å². The Kier molecular flexibility index (Phi) is 7.22. The summed E-state index contributed by atoms with van der Waals surface area (Å²) in [5.41, 5.74) is 0.462. The van der Waals surface area contributed by atoms with E-state index in [1.54, 1.807) is 6.92 Å². The molecule has 1 unspecified atom stereocenters. The fourth-order valence-corrected chi connectivity index (χ4v) is 4.39. The summed E-state index contributed by atoms with van der Waals surface area (Å²) in [6.07, 6.45) is 1.51. The van der Waals surface area contributed by atoms with Gasteiger partial charge in [0.2, 0.25) is 5.91 Å². The molecule has 9 heteroatoms. The third kappa shape index (κ3) is 4.43. The first-order valence-electron chi connectivity index (χ1n) is 7.76. The van der Waals surface area contributed by atoms with Crippen LogP contribution in [0.15, 0.2) is 18.2 Å². The Hall–Kier alpha value is -1.38. The van der Waals surface area contributed by atoms with Crippen LogP contribution in [0.3, 0.4) is 0 Å². The highest BCUT2D eigenvalue weighted by molar-refractivity contribution is 7.92. The smallest absolute Gasteiger partial charge is 0.242 e. The molecule has 0 saturated carbocycles. The van der Waals surface area contributed by atoms with E-state index >= 15 is 0 Å². The zero-order valence-electron chi connectivity index (χ0n) is 14.5. The van der Waals surface area contributed by atoms with Gasteiger partial charge in [-0.2, -0.15) is 0 Å². The summed E-state index contributed by atoms with van der Waals surface area (Å²) in [6, 6.07) is 3.43. The maximum Gasteiger partial charge on any atom is 0.242 e. The van der Waals surface area contributed by atoms with Crippen LogP contribution in [0.25, 0.3) is 0 Å². The first-order valence-corrected chi connectivity index (χ1v) is 9.65. The van der Waals surface area contributed by atoms with E-state index in [9.17, 15) is 17.6 Å². The van der Waals surface area contributed by atoms with E-state index in [1.807, 2.05) is 0 Å². The van der Waals surface area contributed by atoms with Gasteiger partial charge in [-0.1, -0.05) is 0 Å². The molecule has 2 rings (SSSR count). The molecule has 1 heterocycles. The van der Waals surface area contributed by atoms with Crippen molar-refractivity contribution in [3.8, 4) is 5.75 Å². The molecule has 1 fully saturated rings. The maximum absolute atomic E-state index is 13.5. The van der Waals surface area contributed by atoms with Gasteiger partial charge in [0.25, 0.3) is 0 Å². The Morgan fingerprint density at radius 2 is 1.96 bits per heavy atom. The minimum Gasteiger partial charge on any atom is -0.496 e. The van der Waals surface area contributed by atoms with Crippen molar-refractivity contribution in [2.45, 2.75) is 30.6 Å². The minimum atomic E-state index is -3.60. The Labute approximate surface area is 153 Å². The molecule has 0 aliphatic carbocycles. The molecule has 1 saturated heterocycles. The number of methoxy groups -OCH3 is 1. The number of hydrogen-bond donors (Lipinski definition) is 2. The monoisotopic (exact) mass is 394 g/mol. The number of benzene rings is 1. The zero-order valence-corrected chi connectivity index (χ0v) is 16.1. The number of amides is 1. The summed E-state index contributed by atoms with van der Waals surface area (Å²) in [4.78, 5) is 12.8. The lowest BCUT2D eigenvalue weighted by Gasteiger charge is -2.35. The number of carbonyl (C=O) groups excluding carboxylic acids is 1. The van der Waals surface area contributed by atoms with Crippen LogP contribution >= 0.6 is 12.4 Å². The first kappa shape index (κ1) is 21.7. The number of nitrogens with one attached hydrogen (secondary N) is 2. The number of carbonyl (C=O) groups is 1. The number of hydrogen-bond acceptors (Lipinski definition) is 5. The van der Waals surface area contributed by atoms with Gasteiger partial charge in [0.05, 0.1) is 13.2 Å². The van der Waals surface area contributed by atoms with Crippen molar-refractivity contribution in [3.63, 3.8) is 0 Å². The fourth-order valence-electron chi connectivity index (χ4n) is 3.05. The molecular weight excluding hydrogens is 371 g/mol. The molecule has 25 heavy (non-hydrogen) atoms. The lowest BCUT2D eigenvalue weighted by molar-refractivity contribution is -0.125. The van der Waals surface area contributed by atoms with Crippen molar-refractivity contribution in [3.05, 3.63) is 29.6 Å². The SMILES string of the molecule is COc1ccc(F)cc1C(C)NC(=O)C1(S(C)(=O)=O)CCNCC1.Cl. The molecule has 1 atom stereocenters. The number of ether oxygens (including phenoxy) is 1. The summed E-state index contributed by atoms with van der Waals surface area (Å²) in [5.74, 6) is -0.570. The third-order valence-electron chi connectivity index (χ3n) is 4.54. The van der Waals surface area contributed by atoms with E-state index in [2.05, 4.69) is 10.6 Å². The van der Waals surface area contributed by atoms with E-state index in [4.69, 9.17) is 4.74 Å². The Balaban J connectivity index is 0.00000312. The molecule has 1 aromatic carbocycles. The van der Waals surface area contributed by atoms with Gasteiger partial charge >= 0.3 is 0 Å². The van der Waals surface area contributed by atoms with Crippen LogP contribution in [0.4, 0.5) is 4.39 Å². The topological polar surface area (TPSA) is 84.5 Å². The highest BCUT2D eigenvalue weighted by atomic mass is 35.5. The van der Waals surface area contributed by atoms with Crippen molar-refractivity contribution >= 4 is 28.2 Å². The second-order valence-corrected chi connectivity index (χ2v) is 8.42. The third-order valence-corrected chi connectivity index (χ3v) is 6.55. The molecule has 1 aromatic rings. The van der Waals surface area contributed by atoms with E-state index in [-0.39, 0.29) is 25.2 Å². The van der Waals surface area contributed by atoms with Crippen molar-refractivity contribution in [2.75, 3.05) is 26.5 Å². The predicted octanol–water partition coefficient (Wildman–Crippen LogP) is 1.60. The van der Waals surface area contributed by atoms with Gasteiger partial charge in [-0.3, -0.25) is 4.79 Å². The second-order valence-electron chi connectivity index (χ2n) is 6.10. The molecule has 0 radical (unpaired) electrons. The molecule has 0 aromatic heterocycles. The van der Waals surface area contributed by atoms with Gasteiger partial charge in [-0.15, -0.1) is 12.4 Å². The van der Waals surface area contributed by atoms with Gasteiger partial charge in [0.15, 0.2) is 14.6 Å². The van der Waals surface area contributed by atoms with Crippen molar-refractivity contribution in [1.82, 2.24) is 10.6 Å². The molecule has 0 spiro atoms. The van der Waals surface area contributed by atoms with Gasteiger partial charge in [0.1, 0.15) is 11.6 Å². The average Bonchev–Trinajstić information content (AvgIpc) is 2.54. The highest BCUT2D eigenvalue weighted by Crippen LogP contribution is 2.31. The summed E-state index contributed by atoms with van der Waals surface area (Å²) < 4.78 is 41.8. The summed E-state index contributed by atoms with van der Waals surface area (Å²) in [6.45, 7) is 2.59. The van der Waals surface area contributed by atoms with Crippen LogP contribution in [0.5, 0.6) is 5.75 Å². The van der Waals surface area contributed by atoms with Crippen LogP contribution < -0.4 is 15.4 Å². The molecule has 6 nitrogen and oxygen atoms in total. The standard InChI is InChI=1S/C16H23FN2O4S.ClH/c1-11(13-10-12(17)4-5-14(13)23-2)19-15(20)16(24(3,21)22)6-8-18-9-7-16;/h4-5,10-11,18H,6-9H2,1-3H3,(H,19,20);1H. The van der Waals surface area contributed by atoms with Crippen molar-refractivity contribution < 1.29 is 22.3 Å². The minimum absolute atomic E-state index is 0. The number of halogens is 2. The summed E-state index contributed by atoms with van der Waals surface area (Å²) in [5, 5.41) is 5.79. The number of piperidine rings is 1. The van der Waals surface area contributed by atoms with Gasteiger partial charge in [0, 0.05) is 11.8 Å². The van der Waals surface area contributed by atoms with Crippen LogP contribution in [0, 0.1) is 5.82 Å². The van der Waals surface area contributed by atoms with E-state index < -0.39 is 32.4 Å².